The molecule has 0 atom stereocenters. The molecular weight excluding hydrogens is 348 g/mol. The predicted molar refractivity (Wildman–Crippen MR) is 106 cm³/mol. The monoisotopic (exact) mass is 374 g/mol. The molecule has 1 fully saturated rings. The smallest absolute Gasteiger partial charge is 0.316 e. The SMILES string of the molecule is CCOC(=O)C1(c2ccccc2)CCN(CCc2ccncc2)CC1.Cl. The number of halogens is 1. The zero-order chi connectivity index (χ0) is 17.5. The lowest BCUT2D eigenvalue weighted by molar-refractivity contribution is -0.152. The molecule has 1 saturated heterocycles. The first-order chi connectivity index (χ1) is 12.2. The molecule has 1 aliphatic heterocycles. The van der Waals surface area contributed by atoms with Crippen molar-refractivity contribution < 1.29 is 9.53 Å². The maximum absolute atomic E-state index is 12.8. The standard InChI is InChI=1S/C21H26N2O2.ClH/c1-2-25-20(24)21(19-6-4-3-5-7-19)11-16-23(17-12-21)15-10-18-8-13-22-14-9-18;/h3-9,13-14H,2,10-12,15-17H2,1H3;1H. The molecule has 4 nitrogen and oxygen atoms in total. The van der Waals surface area contributed by atoms with E-state index in [9.17, 15) is 4.79 Å². The van der Waals surface area contributed by atoms with E-state index in [2.05, 4.69) is 34.1 Å². The number of likely N-dealkylation sites (tertiary alicyclic amines) is 1. The third-order valence-electron chi connectivity index (χ3n) is 5.17. The average Bonchev–Trinajstić information content (AvgIpc) is 2.68. The molecule has 3 rings (SSSR count). The minimum absolute atomic E-state index is 0. The Hall–Kier alpha value is -1.91. The molecule has 0 radical (unpaired) electrons. The van der Waals surface area contributed by atoms with Crippen molar-refractivity contribution in [2.24, 2.45) is 0 Å². The van der Waals surface area contributed by atoms with Gasteiger partial charge in [0.1, 0.15) is 0 Å². The molecule has 0 spiro atoms. The van der Waals surface area contributed by atoms with E-state index in [0.29, 0.717) is 6.61 Å². The number of benzene rings is 1. The second kappa shape index (κ2) is 9.70. The molecule has 26 heavy (non-hydrogen) atoms. The largest absolute Gasteiger partial charge is 0.465 e. The fraction of sp³-hybridized carbons (Fsp3) is 0.429. The Balaban J connectivity index is 0.00000243. The van der Waals surface area contributed by atoms with Crippen molar-refractivity contribution in [1.29, 1.82) is 0 Å². The van der Waals surface area contributed by atoms with Crippen molar-refractivity contribution >= 4 is 18.4 Å². The summed E-state index contributed by atoms with van der Waals surface area (Å²) in [6.45, 7) is 5.15. The third kappa shape index (κ3) is 4.63. The van der Waals surface area contributed by atoms with Crippen LogP contribution in [0.25, 0.3) is 0 Å². The number of hydrogen-bond acceptors (Lipinski definition) is 4. The van der Waals surface area contributed by atoms with Crippen LogP contribution in [0.4, 0.5) is 0 Å². The summed E-state index contributed by atoms with van der Waals surface area (Å²) in [6.07, 6.45) is 6.32. The molecule has 0 unspecified atom stereocenters. The Kier molecular flexibility index (Phi) is 7.61. The molecule has 0 bridgehead atoms. The number of carbonyl (C=O) groups is 1. The van der Waals surface area contributed by atoms with Crippen molar-refractivity contribution in [3.05, 3.63) is 66.0 Å². The fourth-order valence-electron chi connectivity index (χ4n) is 3.63. The first-order valence-corrected chi connectivity index (χ1v) is 9.08. The maximum Gasteiger partial charge on any atom is 0.316 e. The summed E-state index contributed by atoms with van der Waals surface area (Å²) in [7, 11) is 0. The Morgan fingerprint density at radius 1 is 1.12 bits per heavy atom. The van der Waals surface area contributed by atoms with Crippen LogP contribution in [0.3, 0.4) is 0 Å². The highest BCUT2D eigenvalue weighted by Gasteiger charge is 2.43. The van der Waals surface area contributed by atoms with Gasteiger partial charge in [0.05, 0.1) is 12.0 Å². The van der Waals surface area contributed by atoms with Gasteiger partial charge in [-0.1, -0.05) is 30.3 Å². The lowest BCUT2D eigenvalue weighted by Gasteiger charge is -2.40. The lowest BCUT2D eigenvalue weighted by Crippen LogP contribution is -2.48. The van der Waals surface area contributed by atoms with Crippen molar-refractivity contribution in [2.45, 2.75) is 31.6 Å². The van der Waals surface area contributed by atoms with Crippen molar-refractivity contribution in [2.75, 3.05) is 26.2 Å². The maximum atomic E-state index is 12.8. The van der Waals surface area contributed by atoms with Crippen LogP contribution in [0.5, 0.6) is 0 Å². The van der Waals surface area contributed by atoms with Crippen LogP contribution in [-0.4, -0.2) is 42.1 Å². The third-order valence-corrected chi connectivity index (χ3v) is 5.17. The van der Waals surface area contributed by atoms with Gasteiger partial charge in [0.15, 0.2) is 0 Å². The number of nitrogens with zero attached hydrogens (tertiary/aromatic N) is 2. The number of pyridine rings is 1. The second-order valence-electron chi connectivity index (χ2n) is 6.62. The molecular formula is C21H27ClN2O2. The van der Waals surface area contributed by atoms with Gasteiger partial charge < -0.3 is 9.64 Å². The van der Waals surface area contributed by atoms with Crippen molar-refractivity contribution in [1.82, 2.24) is 9.88 Å². The number of aromatic nitrogens is 1. The zero-order valence-electron chi connectivity index (χ0n) is 15.3. The lowest BCUT2D eigenvalue weighted by atomic mass is 9.72. The van der Waals surface area contributed by atoms with E-state index in [4.69, 9.17) is 4.74 Å². The number of ether oxygens (including phenoxy) is 1. The topological polar surface area (TPSA) is 42.4 Å². The molecule has 1 aromatic heterocycles. The van der Waals surface area contributed by atoms with Crippen molar-refractivity contribution in [3.8, 4) is 0 Å². The van der Waals surface area contributed by atoms with Gasteiger partial charge in [-0.2, -0.15) is 0 Å². The van der Waals surface area contributed by atoms with E-state index in [1.165, 1.54) is 5.56 Å². The summed E-state index contributed by atoms with van der Waals surface area (Å²) >= 11 is 0. The normalized spacial score (nSPS) is 16.5. The molecule has 5 heteroatoms. The predicted octanol–water partition coefficient (Wildman–Crippen LogP) is 3.64. The van der Waals surface area contributed by atoms with Gasteiger partial charge in [-0.25, -0.2) is 0 Å². The molecule has 2 aromatic rings. The van der Waals surface area contributed by atoms with E-state index in [1.807, 2.05) is 37.5 Å². The van der Waals surface area contributed by atoms with E-state index in [0.717, 1.165) is 44.5 Å². The highest BCUT2D eigenvalue weighted by Crippen LogP contribution is 2.37. The minimum Gasteiger partial charge on any atom is -0.465 e. The number of piperidine rings is 1. The molecule has 1 aliphatic rings. The van der Waals surface area contributed by atoms with E-state index in [1.54, 1.807) is 0 Å². The number of carbonyl (C=O) groups excluding carboxylic acids is 1. The highest BCUT2D eigenvalue weighted by atomic mass is 35.5. The Bertz CT molecular complexity index is 671. The summed E-state index contributed by atoms with van der Waals surface area (Å²) in [6, 6.07) is 14.3. The number of hydrogen-bond donors (Lipinski definition) is 0. The zero-order valence-corrected chi connectivity index (χ0v) is 16.1. The molecule has 1 aromatic carbocycles. The van der Waals surface area contributed by atoms with Crippen LogP contribution in [0.1, 0.15) is 30.9 Å². The molecule has 0 amide bonds. The van der Waals surface area contributed by atoms with Crippen molar-refractivity contribution in [3.63, 3.8) is 0 Å². The Labute approximate surface area is 162 Å². The summed E-state index contributed by atoms with van der Waals surface area (Å²) in [4.78, 5) is 19.3. The van der Waals surface area contributed by atoms with E-state index >= 15 is 0 Å². The van der Waals surface area contributed by atoms with Gasteiger partial charge in [-0.3, -0.25) is 9.78 Å². The average molecular weight is 375 g/mol. The molecule has 2 heterocycles. The first-order valence-electron chi connectivity index (χ1n) is 9.08. The van der Waals surface area contributed by atoms with Gasteiger partial charge in [-0.05, 0) is 62.5 Å². The number of esters is 1. The molecule has 0 aliphatic carbocycles. The van der Waals surface area contributed by atoms with Crippen LogP contribution in [-0.2, 0) is 21.4 Å². The van der Waals surface area contributed by atoms with Crippen LogP contribution in [0, 0.1) is 0 Å². The van der Waals surface area contributed by atoms with Gasteiger partial charge in [-0.15, -0.1) is 12.4 Å². The highest BCUT2D eigenvalue weighted by molar-refractivity contribution is 5.85. The van der Waals surface area contributed by atoms with Crippen LogP contribution in [0.15, 0.2) is 54.9 Å². The molecule has 0 N–H and O–H groups in total. The van der Waals surface area contributed by atoms with Gasteiger partial charge in [0, 0.05) is 18.9 Å². The minimum atomic E-state index is -0.496. The van der Waals surface area contributed by atoms with Crippen LogP contribution < -0.4 is 0 Å². The summed E-state index contributed by atoms with van der Waals surface area (Å²) in [5.41, 5.74) is 1.90. The molecule has 0 saturated carbocycles. The summed E-state index contributed by atoms with van der Waals surface area (Å²) in [5, 5.41) is 0. The summed E-state index contributed by atoms with van der Waals surface area (Å²) in [5.74, 6) is -0.0741. The second-order valence-corrected chi connectivity index (χ2v) is 6.62. The Morgan fingerprint density at radius 2 is 1.77 bits per heavy atom. The van der Waals surface area contributed by atoms with E-state index < -0.39 is 5.41 Å². The van der Waals surface area contributed by atoms with E-state index in [-0.39, 0.29) is 18.4 Å². The quantitative estimate of drug-likeness (QED) is 0.724. The van der Waals surface area contributed by atoms with Gasteiger partial charge >= 0.3 is 5.97 Å². The first kappa shape index (κ1) is 20.4. The number of rotatable bonds is 6. The van der Waals surface area contributed by atoms with Crippen LogP contribution >= 0.6 is 12.4 Å². The Morgan fingerprint density at radius 3 is 2.38 bits per heavy atom. The van der Waals surface area contributed by atoms with Crippen LogP contribution in [0.2, 0.25) is 0 Å². The van der Waals surface area contributed by atoms with Gasteiger partial charge in [0.2, 0.25) is 0 Å². The van der Waals surface area contributed by atoms with Gasteiger partial charge in [0.25, 0.3) is 0 Å². The molecule has 140 valence electrons. The fourth-order valence-corrected chi connectivity index (χ4v) is 3.63. The summed E-state index contributed by atoms with van der Waals surface area (Å²) < 4.78 is 5.44.